The molecular weight excluding hydrogens is 540 g/mol. The summed E-state index contributed by atoms with van der Waals surface area (Å²) in [5.74, 6) is -2.23. The average molecular weight is 565 g/mol. The summed E-state index contributed by atoms with van der Waals surface area (Å²) in [5.41, 5.74) is 7.18. The van der Waals surface area contributed by atoms with Gasteiger partial charge in [-0.05, 0) is 80.4 Å². The second-order valence-electron chi connectivity index (χ2n) is 7.31. The van der Waals surface area contributed by atoms with Crippen LogP contribution in [0.2, 0.25) is 0 Å². The number of benzene rings is 1. The molecule has 6 nitrogen and oxygen atoms in total. The Balaban J connectivity index is 0.000000348. The molecule has 0 saturated heterocycles. The van der Waals surface area contributed by atoms with Crippen LogP contribution in [-0.4, -0.2) is 28.0 Å². The van der Waals surface area contributed by atoms with Gasteiger partial charge in [-0.25, -0.2) is 18.6 Å². The molecule has 0 aliphatic rings. The summed E-state index contributed by atoms with van der Waals surface area (Å²) < 4.78 is 27.6. The lowest BCUT2D eigenvalue weighted by Gasteiger charge is -2.14. The predicted octanol–water partition coefficient (Wildman–Crippen LogP) is 4.75. The van der Waals surface area contributed by atoms with Gasteiger partial charge in [0.1, 0.15) is 22.3 Å². The first kappa shape index (κ1) is 27.1. The Kier molecular flexibility index (Phi) is 11.2. The molecule has 170 valence electrons. The number of halogens is 4. The van der Waals surface area contributed by atoms with E-state index in [1.807, 2.05) is 19.9 Å². The lowest BCUT2D eigenvalue weighted by atomic mass is 10.0. The molecule has 0 aliphatic heterocycles. The molecule has 10 heteroatoms. The molecule has 1 aromatic heterocycles. The highest BCUT2D eigenvalue weighted by Crippen LogP contribution is 2.25. The second-order valence-corrected chi connectivity index (χ2v) is 8.98. The summed E-state index contributed by atoms with van der Waals surface area (Å²) in [5, 5.41) is 11.0. The molecule has 0 bridgehead atoms. The maximum absolute atomic E-state index is 13.1. The first-order chi connectivity index (χ1) is 14.4. The minimum absolute atomic E-state index is 0.262. The number of rotatable bonds is 7. The smallest absolute Gasteiger partial charge is 0.326 e. The SMILES string of the molecule is CC(=O)N[C@H](CC(C)C)C(=O)O.N[C@H](Cc1cc(F)cc(F)c1)c1nc(Br)ccc1Br. The molecule has 0 spiro atoms. The molecule has 0 aliphatic carbocycles. The van der Waals surface area contributed by atoms with Crippen LogP contribution in [-0.2, 0) is 16.0 Å². The summed E-state index contributed by atoms with van der Waals surface area (Å²) in [4.78, 5) is 25.4. The lowest BCUT2D eigenvalue weighted by molar-refractivity contribution is -0.142. The van der Waals surface area contributed by atoms with Crippen LogP contribution in [0.4, 0.5) is 8.78 Å². The Bertz CT molecular complexity index is 893. The molecule has 0 radical (unpaired) electrons. The first-order valence-electron chi connectivity index (χ1n) is 9.41. The first-order valence-corrected chi connectivity index (χ1v) is 11.0. The molecule has 0 fully saturated rings. The van der Waals surface area contributed by atoms with Gasteiger partial charge in [-0.2, -0.15) is 0 Å². The van der Waals surface area contributed by atoms with E-state index in [2.05, 4.69) is 42.2 Å². The topological polar surface area (TPSA) is 105 Å². The fourth-order valence-electron chi connectivity index (χ4n) is 2.71. The maximum atomic E-state index is 13.1. The van der Waals surface area contributed by atoms with Crippen LogP contribution < -0.4 is 11.1 Å². The van der Waals surface area contributed by atoms with Crippen LogP contribution in [0.1, 0.15) is 44.5 Å². The van der Waals surface area contributed by atoms with E-state index < -0.39 is 29.7 Å². The van der Waals surface area contributed by atoms with Crippen LogP contribution in [0, 0.1) is 17.6 Å². The van der Waals surface area contributed by atoms with Gasteiger partial charge < -0.3 is 16.2 Å². The van der Waals surface area contributed by atoms with Crippen molar-refractivity contribution < 1.29 is 23.5 Å². The van der Waals surface area contributed by atoms with Crippen LogP contribution in [0.15, 0.2) is 39.4 Å². The highest BCUT2D eigenvalue weighted by Gasteiger charge is 2.19. The molecule has 2 atom stereocenters. The van der Waals surface area contributed by atoms with Crippen molar-refractivity contribution >= 4 is 43.7 Å². The van der Waals surface area contributed by atoms with E-state index in [0.29, 0.717) is 28.7 Å². The Morgan fingerprint density at radius 1 is 1.16 bits per heavy atom. The van der Waals surface area contributed by atoms with Gasteiger partial charge in [0.2, 0.25) is 5.91 Å². The number of pyridine rings is 1. The summed E-state index contributed by atoms with van der Waals surface area (Å²) in [6, 6.07) is 5.78. The number of nitrogens with zero attached hydrogens (tertiary/aromatic N) is 1. The molecule has 1 amide bonds. The van der Waals surface area contributed by atoms with E-state index in [1.165, 1.54) is 19.1 Å². The second kappa shape index (κ2) is 12.8. The van der Waals surface area contributed by atoms with Crippen molar-refractivity contribution in [2.45, 2.75) is 45.7 Å². The van der Waals surface area contributed by atoms with E-state index in [0.717, 1.165) is 10.5 Å². The van der Waals surface area contributed by atoms with Gasteiger partial charge in [0, 0.05) is 17.5 Å². The molecule has 0 unspecified atom stereocenters. The van der Waals surface area contributed by atoms with Crippen LogP contribution in [0.5, 0.6) is 0 Å². The summed E-state index contributed by atoms with van der Waals surface area (Å²) in [6.45, 7) is 5.14. The number of amides is 1. The van der Waals surface area contributed by atoms with Crippen molar-refractivity contribution in [3.63, 3.8) is 0 Å². The number of aromatic nitrogens is 1. The quantitative estimate of drug-likeness (QED) is 0.421. The molecular formula is C21H25Br2F2N3O3. The number of nitrogens with two attached hydrogens (primary N) is 1. The lowest BCUT2D eigenvalue weighted by Crippen LogP contribution is -2.40. The van der Waals surface area contributed by atoms with Gasteiger partial charge in [0.05, 0.1) is 11.7 Å². The van der Waals surface area contributed by atoms with E-state index in [-0.39, 0.29) is 11.8 Å². The predicted molar refractivity (Wildman–Crippen MR) is 121 cm³/mol. The standard InChI is InChI=1S/C13H10Br2F2N2.C8H15NO3/c14-10-1-2-12(15)19-13(10)11(18)5-7-3-8(16)6-9(17)4-7;1-5(2)4-7(8(11)12)9-6(3)10/h1-4,6,11H,5,18H2;5,7H,4H2,1-3H3,(H,9,10)(H,11,12)/t11-;7-/m11/s1. The van der Waals surface area contributed by atoms with Gasteiger partial charge in [0.25, 0.3) is 0 Å². The normalized spacial score (nSPS) is 12.5. The third kappa shape index (κ3) is 10.3. The number of hydrogen-bond acceptors (Lipinski definition) is 4. The highest BCUT2D eigenvalue weighted by atomic mass is 79.9. The summed E-state index contributed by atoms with van der Waals surface area (Å²) >= 11 is 6.63. The largest absolute Gasteiger partial charge is 0.480 e. The number of carbonyl (C=O) groups excluding carboxylic acids is 1. The molecule has 31 heavy (non-hydrogen) atoms. The summed E-state index contributed by atoms with van der Waals surface area (Å²) in [6.07, 6.45) is 0.769. The summed E-state index contributed by atoms with van der Waals surface area (Å²) in [7, 11) is 0. The van der Waals surface area contributed by atoms with Crippen molar-refractivity contribution in [2.75, 3.05) is 0 Å². The molecule has 1 aromatic carbocycles. The zero-order valence-corrected chi connectivity index (χ0v) is 20.5. The number of carbonyl (C=O) groups is 2. The number of carboxylic acid groups (broad SMARTS) is 1. The van der Waals surface area contributed by atoms with Crippen molar-refractivity contribution in [1.29, 1.82) is 0 Å². The Hall–Kier alpha value is -1.91. The molecule has 4 N–H and O–H groups in total. The van der Waals surface area contributed by atoms with Gasteiger partial charge in [0.15, 0.2) is 0 Å². The number of nitrogens with one attached hydrogen (secondary N) is 1. The Labute approximate surface area is 196 Å². The fourth-order valence-corrected chi connectivity index (χ4v) is 3.55. The number of aliphatic carboxylic acids is 1. The van der Waals surface area contributed by atoms with Gasteiger partial charge in [-0.1, -0.05) is 13.8 Å². The molecule has 2 rings (SSSR count). The van der Waals surface area contributed by atoms with Gasteiger partial charge in [-0.15, -0.1) is 0 Å². The van der Waals surface area contributed by atoms with Crippen LogP contribution >= 0.6 is 31.9 Å². The minimum Gasteiger partial charge on any atom is -0.480 e. The van der Waals surface area contributed by atoms with E-state index in [1.54, 1.807) is 6.07 Å². The number of carboxylic acids is 1. The van der Waals surface area contributed by atoms with Gasteiger partial charge in [-0.3, -0.25) is 4.79 Å². The van der Waals surface area contributed by atoms with E-state index in [4.69, 9.17) is 10.8 Å². The fraction of sp³-hybridized carbons (Fsp3) is 0.381. The van der Waals surface area contributed by atoms with Crippen molar-refractivity contribution in [2.24, 2.45) is 11.7 Å². The average Bonchev–Trinajstić information content (AvgIpc) is 2.62. The third-order valence-electron chi connectivity index (χ3n) is 3.95. The minimum atomic E-state index is -0.973. The third-order valence-corrected chi connectivity index (χ3v) is 5.06. The molecule has 2 aromatic rings. The van der Waals surface area contributed by atoms with Crippen molar-refractivity contribution in [3.05, 3.63) is 62.3 Å². The number of hydrogen-bond donors (Lipinski definition) is 3. The maximum Gasteiger partial charge on any atom is 0.326 e. The van der Waals surface area contributed by atoms with Gasteiger partial charge >= 0.3 is 5.97 Å². The molecule has 1 heterocycles. The van der Waals surface area contributed by atoms with E-state index >= 15 is 0 Å². The highest BCUT2D eigenvalue weighted by molar-refractivity contribution is 9.11. The Morgan fingerprint density at radius 3 is 2.23 bits per heavy atom. The van der Waals surface area contributed by atoms with Crippen molar-refractivity contribution in [3.8, 4) is 0 Å². The van der Waals surface area contributed by atoms with Crippen LogP contribution in [0.3, 0.4) is 0 Å². The van der Waals surface area contributed by atoms with Crippen LogP contribution in [0.25, 0.3) is 0 Å². The Morgan fingerprint density at radius 2 is 1.74 bits per heavy atom. The van der Waals surface area contributed by atoms with E-state index in [9.17, 15) is 18.4 Å². The van der Waals surface area contributed by atoms with Crippen molar-refractivity contribution in [1.82, 2.24) is 10.3 Å². The zero-order valence-electron chi connectivity index (χ0n) is 17.3. The zero-order chi connectivity index (χ0) is 23.7. The monoisotopic (exact) mass is 563 g/mol. The molecule has 0 saturated carbocycles.